The summed E-state index contributed by atoms with van der Waals surface area (Å²) in [5.74, 6) is 0.422. The number of pyridine rings is 1. The Bertz CT molecular complexity index is 975. The maximum absolute atomic E-state index is 6.11. The van der Waals surface area contributed by atoms with Gasteiger partial charge in [0, 0.05) is 10.4 Å². The lowest BCUT2D eigenvalue weighted by atomic mass is 10.2. The van der Waals surface area contributed by atoms with Gasteiger partial charge in [-0.1, -0.05) is 35.9 Å². The number of nitrogen functional groups attached to an aromatic ring is 1. The molecule has 0 atom stereocenters. The average molecular weight is 295 g/mol. The molecule has 4 nitrogen and oxygen atoms in total. The maximum atomic E-state index is 6.11. The second-order valence-electron chi connectivity index (χ2n) is 4.79. The molecule has 5 heteroatoms. The quantitative estimate of drug-likeness (QED) is 0.581. The molecule has 21 heavy (non-hydrogen) atoms. The third-order valence-corrected chi connectivity index (χ3v) is 3.72. The molecule has 0 aliphatic heterocycles. The van der Waals surface area contributed by atoms with Crippen molar-refractivity contribution in [2.24, 2.45) is 0 Å². The van der Waals surface area contributed by atoms with E-state index in [4.69, 9.17) is 17.3 Å². The molecule has 4 rings (SSSR count). The number of nitrogens with zero attached hydrogens (tertiary/aromatic N) is 3. The van der Waals surface area contributed by atoms with Crippen LogP contribution in [0.2, 0.25) is 5.02 Å². The van der Waals surface area contributed by atoms with Crippen molar-refractivity contribution in [1.29, 1.82) is 0 Å². The highest BCUT2D eigenvalue weighted by Gasteiger charge is 2.13. The fraction of sp³-hybridized carbons (Fsp3) is 0. The van der Waals surface area contributed by atoms with E-state index < -0.39 is 0 Å². The van der Waals surface area contributed by atoms with Gasteiger partial charge in [0.05, 0.1) is 22.9 Å². The molecule has 0 bridgehead atoms. The van der Waals surface area contributed by atoms with Crippen molar-refractivity contribution in [3.63, 3.8) is 0 Å². The molecule has 0 saturated carbocycles. The van der Waals surface area contributed by atoms with Gasteiger partial charge in [0.15, 0.2) is 0 Å². The highest BCUT2D eigenvalue weighted by Crippen LogP contribution is 2.29. The summed E-state index contributed by atoms with van der Waals surface area (Å²) in [7, 11) is 0. The Kier molecular flexibility index (Phi) is 2.59. The lowest BCUT2D eigenvalue weighted by molar-refractivity contribution is 1.11. The number of hydrogen-bond acceptors (Lipinski definition) is 3. The van der Waals surface area contributed by atoms with Crippen LogP contribution < -0.4 is 5.73 Å². The number of imidazole rings is 1. The summed E-state index contributed by atoms with van der Waals surface area (Å²) in [6.07, 6.45) is 1.75. The molecule has 0 aliphatic rings. The highest BCUT2D eigenvalue weighted by molar-refractivity contribution is 6.30. The third kappa shape index (κ3) is 1.84. The monoisotopic (exact) mass is 294 g/mol. The molecule has 2 N–H and O–H groups in total. The van der Waals surface area contributed by atoms with E-state index in [0.29, 0.717) is 11.0 Å². The average Bonchev–Trinajstić information content (AvgIpc) is 2.83. The fourth-order valence-electron chi connectivity index (χ4n) is 2.60. The van der Waals surface area contributed by atoms with Crippen LogP contribution in [0.4, 0.5) is 5.95 Å². The van der Waals surface area contributed by atoms with Crippen LogP contribution in [0.1, 0.15) is 0 Å². The zero-order valence-corrected chi connectivity index (χ0v) is 11.7. The van der Waals surface area contributed by atoms with Crippen LogP contribution >= 0.6 is 11.6 Å². The van der Waals surface area contributed by atoms with Crippen molar-refractivity contribution in [2.45, 2.75) is 0 Å². The lowest BCUT2D eigenvalue weighted by Gasteiger charge is -2.08. The zero-order valence-electron chi connectivity index (χ0n) is 11.0. The van der Waals surface area contributed by atoms with Gasteiger partial charge in [-0.25, -0.2) is 4.98 Å². The molecule has 0 aliphatic carbocycles. The topological polar surface area (TPSA) is 56.7 Å². The Hall–Kier alpha value is -2.59. The number of rotatable bonds is 1. The number of nitrogens with two attached hydrogens (primary N) is 1. The van der Waals surface area contributed by atoms with Crippen molar-refractivity contribution in [3.05, 3.63) is 59.8 Å². The Labute approximate surface area is 125 Å². The summed E-state index contributed by atoms with van der Waals surface area (Å²) in [6.45, 7) is 0. The summed E-state index contributed by atoms with van der Waals surface area (Å²) >= 11 is 6.10. The molecule has 0 saturated heterocycles. The molecule has 2 heterocycles. The molecule has 0 spiro atoms. The van der Waals surface area contributed by atoms with Crippen molar-refractivity contribution in [1.82, 2.24) is 14.5 Å². The number of benzene rings is 2. The van der Waals surface area contributed by atoms with Gasteiger partial charge in [-0.05, 0) is 24.3 Å². The van der Waals surface area contributed by atoms with Gasteiger partial charge in [0.25, 0.3) is 0 Å². The first-order valence-corrected chi connectivity index (χ1v) is 6.89. The minimum Gasteiger partial charge on any atom is -0.369 e. The van der Waals surface area contributed by atoms with Crippen molar-refractivity contribution >= 4 is 39.5 Å². The molecule has 0 radical (unpaired) electrons. The van der Waals surface area contributed by atoms with Crippen molar-refractivity contribution in [3.8, 4) is 5.69 Å². The van der Waals surface area contributed by atoms with Crippen LogP contribution in [-0.4, -0.2) is 14.5 Å². The van der Waals surface area contributed by atoms with Gasteiger partial charge in [-0.3, -0.25) is 9.55 Å². The second-order valence-corrected chi connectivity index (χ2v) is 5.23. The molecular weight excluding hydrogens is 284 g/mol. The summed E-state index contributed by atoms with van der Waals surface area (Å²) in [4.78, 5) is 8.82. The first kappa shape index (κ1) is 12.2. The smallest absolute Gasteiger partial charge is 0.206 e. The third-order valence-electron chi connectivity index (χ3n) is 3.48. The minimum atomic E-state index is 0.422. The van der Waals surface area contributed by atoms with Gasteiger partial charge < -0.3 is 5.73 Å². The largest absolute Gasteiger partial charge is 0.369 e. The number of fused-ring (bicyclic) bond motifs is 3. The zero-order chi connectivity index (χ0) is 14.4. The molecule has 4 aromatic rings. The number of para-hydroxylation sites is 1. The minimum absolute atomic E-state index is 0.422. The number of aromatic nitrogens is 3. The van der Waals surface area contributed by atoms with Gasteiger partial charge in [-0.15, -0.1) is 0 Å². The Balaban J connectivity index is 2.17. The first-order chi connectivity index (χ1) is 10.2. The standard InChI is InChI=1S/C16H11ClN4/c17-10-4-3-5-11(8-10)21-15-12-6-1-2-7-13(12)19-9-14(15)20-16(21)18/h1-9H,(H2,18,20). The van der Waals surface area contributed by atoms with E-state index in [-0.39, 0.29) is 0 Å². The predicted octanol–water partition coefficient (Wildman–Crippen LogP) is 3.81. The van der Waals surface area contributed by atoms with Gasteiger partial charge in [0.2, 0.25) is 5.95 Å². The molecular formula is C16H11ClN4. The van der Waals surface area contributed by atoms with E-state index in [9.17, 15) is 0 Å². The van der Waals surface area contributed by atoms with E-state index in [1.807, 2.05) is 53.1 Å². The van der Waals surface area contributed by atoms with Crippen LogP contribution in [0.5, 0.6) is 0 Å². The summed E-state index contributed by atoms with van der Waals surface area (Å²) in [5, 5.41) is 1.67. The molecule has 0 unspecified atom stereocenters. The number of halogens is 1. The highest BCUT2D eigenvalue weighted by atomic mass is 35.5. The fourth-order valence-corrected chi connectivity index (χ4v) is 2.78. The maximum Gasteiger partial charge on any atom is 0.206 e. The Morgan fingerprint density at radius 3 is 2.71 bits per heavy atom. The lowest BCUT2D eigenvalue weighted by Crippen LogP contribution is -2.00. The van der Waals surface area contributed by atoms with Crippen LogP contribution in [0.25, 0.3) is 27.6 Å². The van der Waals surface area contributed by atoms with E-state index in [2.05, 4.69) is 9.97 Å². The molecule has 102 valence electrons. The summed E-state index contributed by atoms with van der Waals surface area (Å²) in [5.41, 5.74) is 9.62. The number of anilines is 1. The van der Waals surface area contributed by atoms with Crippen LogP contribution in [0.3, 0.4) is 0 Å². The SMILES string of the molecule is Nc1nc2cnc3ccccc3c2n1-c1cccc(Cl)c1. The van der Waals surface area contributed by atoms with Crippen molar-refractivity contribution < 1.29 is 0 Å². The van der Waals surface area contributed by atoms with E-state index in [1.54, 1.807) is 6.20 Å². The molecule has 0 fully saturated rings. The summed E-state index contributed by atoms with van der Waals surface area (Å²) in [6, 6.07) is 15.5. The predicted molar refractivity (Wildman–Crippen MR) is 85.8 cm³/mol. The van der Waals surface area contributed by atoms with Crippen LogP contribution in [-0.2, 0) is 0 Å². The van der Waals surface area contributed by atoms with Crippen LogP contribution in [0, 0.1) is 0 Å². The Morgan fingerprint density at radius 2 is 1.86 bits per heavy atom. The normalized spacial score (nSPS) is 11.3. The molecule has 0 amide bonds. The molecule has 2 aromatic heterocycles. The van der Waals surface area contributed by atoms with Gasteiger partial charge in [0.1, 0.15) is 5.52 Å². The van der Waals surface area contributed by atoms with E-state index in [1.165, 1.54) is 0 Å². The van der Waals surface area contributed by atoms with Crippen molar-refractivity contribution in [2.75, 3.05) is 5.73 Å². The van der Waals surface area contributed by atoms with Gasteiger partial charge >= 0.3 is 0 Å². The first-order valence-electron chi connectivity index (χ1n) is 6.51. The van der Waals surface area contributed by atoms with E-state index in [0.717, 1.165) is 27.6 Å². The van der Waals surface area contributed by atoms with E-state index >= 15 is 0 Å². The van der Waals surface area contributed by atoms with Gasteiger partial charge in [-0.2, -0.15) is 0 Å². The second kappa shape index (κ2) is 4.46. The van der Waals surface area contributed by atoms with Crippen LogP contribution in [0.15, 0.2) is 54.7 Å². The molecule has 2 aromatic carbocycles. The Morgan fingerprint density at radius 1 is 1.00 bits per heavy atom. The number of hydrogen-bond donors (Lipinski definition) is 1. The summed E-state index contributed by atoms with van der Waals surface area (Å²) < 4.78 is 1.91.